The van der Waals surface area contributed by atoms with E-state index in [0.717, 1.165) is 32.2 Å². The van der Waals surface area contributed by atoms with E-state index in [1.165, 1.54) is 44.7 Å². The van der Waals surface area contributed by atoms with Crippen LogP contribution < -0.4 is 0 Å². The van der Waals surface area contributed by atoms with Crippen molar-refractivity contribution in [1.82, 2.24) is 14.8 Å². The quantitative estimate of drug-likeness (QED) is 0.835. The second-order valence-electron chi connectivity index (χ2n) is 5.98. The molecule has 2 saturated heterocycles. The van der Waals surface area contributed by atoms with E-state index in [-0.39, 0.29) is 0 Å². The fourth-order valence-corrected chi connectivity index (χ4v) is 3.18. The molecule has 0 amide bonds. The molecule has 3 heterocycles. The molecule has 20 heavy (non-hydrogen) atoms. The highest BCUT2D eigenvalue weighted by molar-refractivity contribution is 5.03. The number of ether oxygens (including phenoxy) is 1. The average Bonchev–Trinajstić information content (AvgIpc) is 2.88. The predicted molar refractivity (Wildman–Crippen MR) is 79.5 cm³/mol. The van der Waals surface area contributed by atoms with E-state index in [2.05, 4.69) is 26.9 Å². The van der Waals surface area contributed by atoms with Crippen molar-refractivity contribution in [1.29, 1.82) is 0 Å². The molecular weight excluding hydrogens is 250 g/mol. The SMILES string of the molecule is c1ccc(CN2CCCN(C[C@@H]3CCOC3)CC2)nc1. The average molecular weight is 275 g/mol. The van der Waals surface area contributed by atoms with Crippen LogP contribution in [0.2, 0.25) is 0 Å². The molecule has 2 aliphatic heterocycles. The van der Waals surface area contributed by atoms with Gasteiger partial charge in [0, 0.05) is 39.0 Å². The first-order valence-corrected chi connectivity index (χ1v) is 7.82. The summed E-state index contributed by atoms with van der Waals surface area (Å²) >= 11 is 0. The summed E-state index contributed by atoms with van der Waals surface area (Å²) in [6.07, 6.45) is 4.40. The van der Waals surface area contributed by atoms with E-state index in [1.807, 2.05) is 12.3 Å². The highest BCUT2D eigenvalue weighted by Crippen LogP contribution is 2.15. The van der Waals surface area contributed by atoms with Gasteiger partial charge in [0.2, 0.25) is 0 Å². The summed E-state index contributed by atoms with van der Waals surface area (Å²) in [5.41, 5.74) is 1.19. The molecule has 0 radical (unpaired) electrons. The Morgan fingerprint density at radius 1 is 1.15 bits per heavy atom. The smallest absolute Gasteiger partial charge is 0.0543 e. The first-order chi connectivity index (χ1) is 9.90. The zero-order chi connectivity index (χ0) is 13.6. The van der Waals surface area contributed by atoms with Crippen molar-refractivity contribution in [2.24, 2.45) is 5.92 Å². The molecule has 2 fully saturated rings. The van der Waals surface area contributed by atoms with Gasteiger partial charge in [0.1, 0.15) is 0 Å². The Labute approximate surface area is 121 Å². The summed E-state index contributed by atoms with van der Waals surface area (Å²) in [5, 5.41) is 0. The summed E-state index contributed by atoms with van der Waals surface area (Å²) in [7, 11) is 0. The number of rotatable bonds is 4. The molecule has 1 aromatic heterocycles. The van der Waals surface area contributed by atoms with E-state index in [9.17, 15) is 0 Å². The topological polar surface area (TPSA) is 28.6 Å². The maximum absolute atomic E-state index is 5.48. The van der Waals surface area contributed by atoms with Crippen LogP contribution >= 0.6 is 0 Å². The van der Waals surface area contributed by atoms with Gasteiger partial charge in [-0.25, -0.2) is 0 Å². The van der Waals surface area contributed by atoms with Crippen LogP contribution in [0.4, 0.5) is 0 Å². The van der Waals surface area contributed by atoms with E-state index in [4.69, 9.17) is 4.74 Å². The summed E-state index contributed by atoms with van der Waals surface area (Å²) < 4.78 is 5.48. The lowest BCUT2D eigenvalue weighted by Crippen LogP contribution is -2.34. The van der Waals surface area contributed by atoms with Crippen molar-refractivity contribution < 1.29 is 4.74 Å². The summed E-state index contributed by atoms with van der Waals surface area (Å²) in [6, 6.07) is 6.18. The van der Waals surface area contributed by atoms with Crippen molar-refractivity contribution in [2.45, 2.75) is 19.4 Å². The minimum Gasteiger partial charge on any atom is -0.381 e. The van der Waals surface area contributed by atoms with Crippen LogP contribution in [0.3, 0.4) is 0 Å². The van der Waals surface area contributed by atoms with Crippen molar-refractivity contribution >= 4 is 0 Å². The Balaban J connectivity index is 1.46. The van der Waals surface area contributed by atoms with Gasteiger partial charge in [-0.1, -0.05) is 6.07 Å². The molecule has 110 valence electrons. The van der Waals surface area contributed by atoms with E-state index < -0.39 is 0 Å². The summed E-state index contributed by atoms with van der Waals surface area (Å²) in [6.45, 7) is 8.90. The van der Waals surface area contributed by atoms with E-state index in [1.54, 1.807) is 0 Å². The van der Waals surface area contributed by atoms with E-state index in [0.29, 0.717) is 0 Å². The Morgan fingerprint density at radius 3 is 2.85 bits per heavy atom. The van der Waals surface area contributed by atoms with Gasteiger partial charge in [-0.05, 0) is 44.0 Å². The number of hydrogen-bond donors (Lipinski definition) is 0. The van der Waals surface area contributed by atoms with Crippen LogP contribution in [0.5, 0.6) is 0 Å². The molecule has 0 aliphatic carbocycles. The van der Waals surface area contributed by atoms with Crippen molar-refractivity contribution in [2.75, 3.05) is 45.9 Å². The van der Waals surface area contributed by atoms with Crippen LogP contribution in [-0.2, 0) is 11.3 Å². The van der Waals surface area contributed by atoms with Gasteiger partial charge in [-0.15, -0.1) is 0 Å². The normalized spacial score (nSPS) is 25.7. The summed E-state index contributed by atoms with van der Waals surface area (Å²) in [4.78, 5) is 9.59. The van der Waals surface area contributed by atoms with Gasteiger partial charge >= 0.3 is 0 Å². The number of nitrogens with zero attached hydrogens (tertiary/aromatic N) is 3. The van der Waals surface area contributed by atoms with Gasteiger partial charge in [0.05, 0.1) is 12.3 Å². The number of aromatic nitrogens is 1. The van der Waals surface area contributed by atoms with Gasteiger partial charge in [0.25, 0.3) is 0 Å². The van der Waals surface area contributed by atoms with Gasteiger partial charge in [-0.2, -0.15) is 0 Å². The van der Waals surface area contributed by atoms with Crippen molar-refractivity contribution in [3.63, 3.8) is 0 Å². The molecule has 1 aromatic rings. The zero-order valence-electron chi connectivity index (χ0n) is 12.2. The molecule has 0 spiro atoms. The molecule has 4 nitrogen and oxygen atoms in total. The minimum absolute atomic E-state index is 0.761. The Hall–Kier alpha value is -0.970. The molecule has 3 rings (SSSR count). The van der Waals surface area contributed by atoms with Gasteiger partial charge in [-0.3, -0.25) is 9.88 Å². The Kier molecular flexibility index (Phi) is 5.01. The largest absolute Gasteiger partial charge is 0.381 e. The summed E-state index contributed by atoms with van der Waals surface area (Å²) in [5.74, 6) is 0.761. The highest BCUT2D eigenvalue weighted by atomic mass is 16.5. The predicted octanol–water partition coefficient (Wildman–Crippen LogP) is 1.63. The minimum atomic E-state index is 0.761. The fraction of sp³-hybridized carbons (Fsp3) is 0.688. The Morgan fingerprint density at radius 2 is 2.05 bits per heavy atom. The molecule has 0 saturated carbocycles. The molecule has 2 aliphatic rings. The first-order valence-electron chi connectivity index (χ1n) is 7.82. The van der Waals surface area contributed by atoms with Crippen LogP contribution in [-0.4, -0.2) is 60.7 Å². The Bertz CT molecular complexity index is 392. The van der Waals surface area contributed by atoms with E-state index >= 15 is 0 Å². The van der Waals surface area contributed by atoms with Crippen LogP contribution in [0, 0.1) is 5.92 Å². The maximum atomic E-state index is 5.48. The zero-order valence-corrected chi connectivity index (χ0v) is 12.2. The lowest BCUT2D eigenvalue weighted by atomic mass is 10.1. The second-order valence-corrected chi connectivity index (χ2v) is 5.98. The third kappa shape index (κ3) is 4.01. The first kappa shape index (κ1) is 14.0. The third-order valence-corrected chi connectivity index (χ3v) is 4.33. The second kappa shape index (κ2) is 7.16. The van der Waals surface area contributed by atoms with Gasteiger partial charge in [0.15, 0.2) is 0 Å². The molecule has 0 N–H and O–H groups in total. The monoisotopic (exact) mass is 275 g/mol. The molecule has 0 bridgehead atoms. The fourth-order valence-electron chi connectivity index (χ4n) is 3.18. The van der Waals surface area contributed by atoms with Crippen molar-refractivity contribution in [3.8, 4) is 0 Å². The number of hydrogen-bond acceptors (Lipinski definition) is 4. The third-order valence-electron chi connectivity index (χ3n) is 4.33. The van der Waals surface area contributed by atoms with Crippen LogP contribution in [0.15, 0.2) is 24.4 Å². The van der Waals surface area contributed by atoms with Crippen LogP contribution in [0.25, 0.3) is 0 Å². The van der Waals surface area contributed by atoms with Gasteiger partial charge < -0.3 is 9.64 Å². The molecule has 0 aromatic carbocycles. The number of pyridine rings is 1. The van der Waals surface area contributed by atoms with Crippen molar-refractivity contribution in [3.05, 3.63) is 30.1 Å². The maximum Gasteiger partial charge on any atom is 0.0543 e. The molecular formula is C16H25N3O. The lowest BCUT2D eigenvalue weighted by Gasteiger charge is -2.23. The van der Waals surface area contributed by atoms with Crippen LogP contribution in [0.1, 0.15) is 18.5 Å². The standard InChI is InChI=1S/C16H25N3O/c1-2-6-17-16(4-1)13-19-8-3-7-18(9-10-19)12-15-5-11-20-14-15/h1-2,4,6,15H,3,5,7-14H2/t15-/m0/s1. The highest BCUT2D eigenvalue weighted by Gasteiger charge is 2.21. The molecule has 0 unspecified atom stereocenters. The molecule has 4 heteroatoms. The molecule has 1 atom stereocenters. The lowest BCUT2D eigenvalue weighted by molar-refractivity contribution is 0.167.